The second kappa shape index (κ2) is 8.64. The molecule has 0 unspecified atom stereocenters. The van der Waals surface area contributed by atoms with Crippen LogP contribution in [0.4, 0.5) is 0 Å². The molecule has 1 saturated heterocycles. The van der Waals surface area contributed by atoms with Gasteiger partial charge in [-0.25, -0.2) is 13.2 Å². The zero-order valence-corrected chi connectivity index (χ0v) is 16.2. The zero-order chi connectivity index (χ0) is 19.3. The van der Waals surface area contributed by atoms with Crippen molar-refractivity contribution in [1.82, 2.24) is 9.62 Å². The number of ether oxygens (including phenoxy) is 1. The monoisotopic (exact) mass is 382 g/mol. The lowest BCUT2D eigenvalue weighted by Gasteiger charge is -2.22. The van der Waals surface area contributed by atoms with Crippen molar-refractivity contribution in [2.75, 3.05) is 20.2 Å². The third-order valence-electron chi connectivity index (χ3n) is 4.77. The molecule has 26 heavy (non-hydrogen) atoms. The van der Waals surface area contributed by atoms with Gasteiger partial charge in [0.2, 0.25) is 10.0 Å². The number of sulfonamides is 1. The fourth-order valence-electron chi connectivity index (χ4n) is 2.88. The van der Waals surface area contributed by atoms with Crippen molar-refractivity contribution in [3.05, 3.63) is 29.8 Å². The van der Waals surface area contributed by atoms with Crippen LogP contribution in [0.2, 0.25) is 0 Å². The molecule has 1 heterocycles. The lowest BCUT2D eigenvalue weighted by molar-refractivity contribution is -0.144. The maximum absolute atomic E-state index is 12.5. The minimum Gasteiger partial charge on any atom is -0.467 e. The second-order valence-corrected chi connectivity index (χ2v) is 8.43. The van der Waals surface area contributed by atoms with Gasteiger partial charge in [0.25, 0.3) is 5.91 Å². The molecule has 7 nitrogen and oxygen atoms in total. The molecule has 1 aromatic carbocycles. The van der Waals surface area contributed by atoms with Crippen LogP contribution in [0.5, 0.6) is 0 Å². The maximum Gasteiger partial charge on any atom is 0.328 e. The molecule has 0 radical (unpaired) electrons. The van der Waals surface area contributed by atoms with Crippen molar-refractivity contribution in [3.63, 3.8) is 0 Å². The molecule has 0 bridgehead atoms. The van der Waals surface area contributed by atoms with Crippen molar-refractivity contribution >= 4 is 21.9 Å². The van der Waals surface area contributed by atoms with Crippen LogP contribution in [0.25, 0.3) is 0 Å². The number of nitrogens with one attached hydrogen (secondary N) is 1. The van der Waals surface area contributed by atoms with E-state index in [2.05, 4.69) is 5.32 Å². The summed E-state index contributed by atoms with van der Waals surface area (Å²) in [7, 11) is -2.23. The molecule has 0 aromatic heterocycles. The van der Waals surface area contributed by atoms with E-state index in [1.807, 2.05) is 13.8 Å². The summed E-state index contributed by atoms with van der Waals surface area (Å²) in [5, 5.41) is 2.67. The summed E-state index contributed by atoms with van der Waals surface area (Å²) >= 11 is 0. The summed E-state index contributed by atoms with van der Waals surface area (Å²) in [6.07, 6.45) is 2.43. The van der Waals surface area contributed by atoms with E-state index in [-0.39, 0.29) is 10.8 Å². The lowest BCUT2D eigenvalue weighted by Crippen LogP contribution is -2.45. The highest BCUT2D eigenvalue weighted by molar-refractivity contribution is 7.89. The fraction of sp³-hybridized carbons (Fsp3) is 0.556. The van der Waals surface area contributed by atoms with Crippen LogP contribution >= 0.6 is 0 Å². The topological polar surface area (TPSA) is 92.8 Å². The Morgan fingerprint density at radius 3 is 2.27 bits per heavy atom. The Bertz CT molecular complexity index is 739. The summed E-state index contributed by atoms with van der Waals surface area (Å²) in [6.45, 7) is 4.83. The summed E-state index contributed by atoms with van der Waals surface area (Å²) < 4.78 is 31.2. The van der Waals surface area contributed by atoms with Gasteiger partial charge < -0.3 is 10.1 Å². The number of carbonyl (C=O) groups excluding carboxylic acids is 2. The normalized spacial score (nSPS) is 17.5. The first-order chi connectivity index (χ1) is 12.3. The molecule has 144 valence electrons. The molecule has 0 aliphatic carbocycles. The molecule has 1 aliphatic rings. The lowest BCUT2D eigenvalue weighted by atomic mass is 9.99. The van der Waals surface area contributed by atoms with E-state index in [0.29, 0.717) is 25.1 Å². The van der Waals surface area contributed by atoms with Gasteiger partial charge in [-0.05, 0) is 43.0 Å². The fourth-order valence-corrected chi connectivity index (χ4v) is 4.39. The van der Waals surface area contributed by atoms with Crippen LogP contribution < -0.4 is 5.32 Å². The predicted molar refractivity (Wildman–Crippen MR) is 97.2 cm³/mol. The van der Waals surface area contributed by atoms with E-state index in [0.717, 1.165) is 12.8 Å². The minimum absolute atomic E-state index is 0.0822. The molecule has 0 saturated carbocycles. The average Bonchev–Trinajstić information content (AvgIpc) is 3.20. The molecule has 1 N–H and O–H groups in total. The molecular weight excluding hydrogens is 356 g/mol. The third-order valence-corrected chi connectivity index (χ3v) is 6.69. The molecule has 1 aromatic rings. The summed E-state index contributed by atoms with van der Waals surface area (Å²) in [5.41, 5.74) is 0.294. The Kier molecular flexibility index (Phi) is 6.77. The number of benzene rings is 1. The molecule has 1 aliphatic heterocycles. The number of hydrogen-bond acceptors (Lipinski definition) is 5. The number of carbonyl (C=O) groups is 2. The first-order valence-electron chi connectivity index (χ1n) is 8.80. The quantitative estimate of drug-likeness (QED) is 0.726. The van der Waals surface area contributed by atoms with Crippen molar-refractivity contribution in [2.45, 2.75) is 44.0 Å². The highest BCUT2D eigenvalue weighted by Gasteiger charge is 2.29. The molecule has 1 fully saturated rings. The highest BCUT2D eigenvalue weighted by Crippen LogP contribution is 2.21. The first kappa shape index (κ1) is 20.4. The Hall–Kier alpha value is -1.93. The molecule has 8 heteroatoms. The van der Waals surface area contributed by atoms with Crippen LogP contribution in [0.1, 0.15) is 43.5 Å². The van der Waals surface area contributed by atoms with Crippen molar-refractivity contribution in [3.8, 4) is 0 Å². The first-order valence-corrected chi connectivity index (χ1v) is 10.2. The van der Waals surface area contributed by atoms with Gasteiger partial charge in [0.15, 0.2) is 0 Å². The molecule has 2 atom stereocenters. The number of hydrogen-bond donors (Lipinski definition) is 1. The zero-order valence-electron chi connectivity index (χ0n) is 15.4. The van der Waals surface area contributed by atoms with Gasteiger partial charge in [0.1, 0.15) is 6.04 Å². The van der Waals surface area contributed by atoms with Gasteiger partial charge in [0, 0.05) is 18.7 Å². The highest BCUT2D eigenvalue weighted by atomic mass is 32.2. The van der Waals surface area contributed by atoms with E-state index in [1.54, 1.807) is 0 Å². The van der Waals surface area contributed by atoms with Crippen LogP contribution in [-0.2, 0) is 19.6 Å². The molecule has 0 spiro atoms. The average molecular weight is 382 g/mol. The van der Waals surface area contributed by atoms with E-state index in [9.17, 15) is 18.0 Å². The molecule has 1 amide bonds. The molecule has 2 rings (SSSR count). The summed E-state index contributed by atoms with van der Waals surface area (Å²) in [5.74, 6) is -1.02. The van der Waals surface area contributed by atoms with E-state index in [1.165, 1.54) is 35.7 Å². The van der Waals surface area contributed by atoms with E-state index >= 15 is 0 Å². The number of amides is 1. The van der Waals surface area contributed by atoms with Crippen LogP contribution in [-0.4, -0.2) is 50.8 Å². The smallest absolute Gasteiger partial charge is 0.328 e. The number of nitrogens with zero attached hydrogens (tertiary/aromatic N) is 1. The standard InChI is InChI=1S/C18H26N2O5S/c1-4-13(2)16(18(22)25-3)19-17(21)14-7-9-15(10-8-14)26(23,24)20-11-5-6-12-20/h7-10,13,16H,4-6,11-12H2,1-3H3,(H,19,21)/t13-,16+/m1/s1. The van der Waals surface area contributed by atoms with Gasteiger partial charge >= 0.3 is 5.97 Å². The van der Waals surface area contributed by atoms with Crippen molar-refractivity contribution in [2.24, 2.45) is 5.92 Å². The van der Waals surface area contributed by atoms with Crippen molar-refractivity contribution in [1.29, 1.82) is 0 Å². The van der Waals surface area contributed by atoms with Gasteiger partial charge in [0.05, 0.1) is 12.0 Å². The minimum atomic E-state index is -3.51. The Labute approximate surface area is 154 Å². The predicted octanol–water partition coefficient (Wildman–Crippen LogP) is 1.79. The third kappa shape index (κ3) is 4.42. The van der Waals surface area contributed by atoms with Crippen molar-refractivity contribution < 1.29 is 22.7 Å². The summed E-state index contributed by atoms with van der Waals surface area (Å²) in [4.78, 5) is 24.5. The number of methoxy groups -OCH3 is 1. The van der Waals surface area contributed by atoms with Gasteiger partial charge in [-0.15, -0.1) is 0 Å². The Morgan fingerprint density at radius 2 is 1.77 bits per heavy atom. The van der Waals surface area contributed by atoms with Gasteiger partial charge in [-0.1, -0.05) is 20.3 Å². The summed E-state index contributed by atoms with van der Waals surface area (Å²) in [6, 6.07) is 5.04. The largest absolute Gasteiger partial charge is 0.467 e. The number of rotatable bonds is 7. The van der Waals surface area contributed by atoms with Crippen LogP contribution in [0.15, 0.2) is 29.2 Å². The Morgan fingerprint density at radius 1 is 1.19 bits per heavy atom. The van der Waals surface area contributed by atoms with Crippen LogP contribution in [0.3, 0.4) is 0 Å². The van der Waals surface area contributed by atoms with E-state index < -0.39 is 27.9 Å². The second-order valence-electron chi connectivity index (χ2n) is 6.50. The van der Waals surface area contributed by atoms with Crippen LogP contribution in [0, 0.1) is 5.92 Å². The Balaban J connectivity index is 2.14. The molecular formula is C18H26N2O5S. The van der Waals surface area contributed by atoms with Gasteiger partial charge in [-0.2, -0.15) is 4.31 Å². The van der Waals surface area contributed by atoms with Gasteiger partial charge in [-0.3, -0.25) is 4.79 Å². The maximum atomic E-state index is 12.5. The number of esters is 1. The SMILES string of the molecule is CC[C@@H](C)[C@H](NC(=O)c1ccc(S(=O)(=O)N2CCCC2)cc1)C(=O)OC. The van der Waals surface area contributed by atoms with E-state index in [4.69, 9.17) is 4.74 Å².